The van der Waals surface area contributed by atoms with E-state index in [9.17, 15) is 0 Å². The Labute approximate surface area is 135 Å². The molecule has 1 atom stereocenters. The smallest absolute Gasteiger partial charge is 0.0443 e. The van der Waals surface area contributed by atoms with Crippen molar-refractivity contribution in [3.05, 3.63) is 65.9 Å². The van der Waals surface area contributed by atoms with E-state index in [2.05, 4.69) is 67.1 Å². The van der Waals surface area contributed by atoms with Crippen LogP contribution >= 0.6 is 0 Å². The van der Waals surface area contributed by atoms with Crippen molar-refractivity contribution in [1.29, 1.82) is 0 Å². The Morgan fingerprint density at radius 1 is 1.32 bits per heavy atom. The Morgan fingerprint density at radius 3 is 2.77 bits per heavy atom. The lowest BCUT2D eigenvalue weighted by Gasteiger charge is -2.30. The highest BCUT2D eigenvalue weighted by Crippen LogP contribution is 2.33. The molecule has 0 saturated heterocycles. The molecule has 2 rings (SSSR count). The van der Waals surface area contributed by atoms with E-state index in [-0.39, 0.29) is 0 Å². The monoisotopic (exact) mass is 296 g/mol. The molecule has 0 fully saturated rings. The highest BCUT2D eigenvalue weighted by Gasteiger charge is 2.21. The number of hydrogen-bond donors (Lipinski definition) is 1. The van der Waals surface area contributed by atoms with Gasteiger partial charge in [-0.15, -0.1) is 0 Å². The summed E-state index contributed by atoms with van der Waals surface area (Å²) in [6, 6.07) is 8.77. The first-order valence-corrected chi connectivity index (χ1v) is 8.19. The largest absolute Gasteiger partial charge is 0.341 e. The molecule has 0 bridgehead atoms. The molecule has 0 aliphatic carbocycles. The Balaban J connectivity index is 2.46. The van der Waals surface area contributed by atoms with Crippen LogP contribution in [0.15, 0.2) is 60.3 Å². The lowest BCUT2D eigenvalue weighted by molar-refractivity contribution is 0.544. The number of fused-ring (bicyclic) bond motifs is 1. The van der Waals surface area contributed by atoms with Crippen LogP contribution in [0, 0.1) is 5.92 Å². The number of para-hydroxylation sites is 1. The van der Waals surface area contributed by atoms with Crippen molar-refractivity contribution in [2.45, 2.75) is 26.7 Å². The quantitative estimate of drug-likeness (QED) is 0.841. The number of allylic oxidation sites excluding steroid dienone is 4. The van der Waals surface area contributed by atoms with Gasteiger partial charge in [-0.1, -0.05) is 43.9 Å². The van der Waals surface area contributed by atoms with Gasteiger partial charge in [0.05, 0.1) is 0 Å². The van der Waals surface area contributed by atoms with Gasteiger partial charge in [-0.25, -0.2) is 0 Å². The lowest BCUT2D eigenvalue weighted by Crippen LogP contribution is -2.32. The van der Waals surface area contributed by atoms with Crippen LogP contribution in [0.1, 0.15) is 25.8 Å². The molecule has 0 radical (unpaired) electrons. The third-order valence-corrected chi connectivity index (χ3v) is 4.17. The molecule has 1 unspecified atom stereocenters. The molecule has 1 aromatic rings. The summed E-state index contributed by atoms with van der Waals surface area (Å²) in [5.74, 6) is 0.568. The highest BCUT2D eigenvalue weighted by atomic mass is 15.1. The summed E-state index contributed by atoms with van der Waals surface area (Å²) in [7, 11) is 2.02. The van der Waals surface area contributed by atoms with Gasteiger partial charge in [0.25, 0.3) is 0 Å². The van der Waals surface area contributed by atoms with Gasteiger partial charge < -0.3 is 10.2 Å². The maximum atomic E-state index is 4.09. The Morgan fingerprint density at radius 2 is 2.09 bits per heavy atom. The number of hydrogen-bond acceptors (Lipinski definition) is 2. The minimum atomic E-state index is 0.568. The number of nitrogens with one attached hydrogen (secondary N) is 1. The van der Waals surface area contributed by atoms with Crippen molar-refractivity contribution in [1.82, 2.24) is 5.32 Å². The third-order valence-electron chi connectivity index (χ3n) is 4.17. The zero-order valence-corrected chi connectivity index (χ0v) is 14.1. The summed E-state index contributed by atoms with van der Waals surface area (Å²) in [6.45, 7) is 10.5. The van der Waals surface area contributed by atoms with Crippen molar-refractivity contribution in [3.8, 4) is 0 Å². The Kier molecular flexibility index (Phi) is 6.02. The van der Waals surface area contributed by atoms with Crippen LogP contribution in [0.4, 0.5) is 5.69 Å². The van der Waals surface area contributed by atoms with Crippen LogP contribution in [0.25, 0.3) is 0 Å². The summed E-state index contributed by atoms with van der Waals surface area (Å²) in [5, 5.41) is 3.28. The molecule has 0 aromatic heterocycles. The molecular formula is C20H28N2. The molecular weight excluding hydrogens is 268 g/mol. The van der Waals surface area contributed by atoms with Crippen LogP contribution < -0.4 is 10.2 Å². The Hall–Kier alpha value is -1.80. The average Bonchev–Trinajstić information content (AvgIpc) is 2.66. The minimum absolute atomic E-state index is 0.568. The summed E-state index contributed by atoms with van der Waals surface area (Å²) in [4.78, 5) is 2.45. The van der Waals surface area contributed by atoms with Gasteiger partial charge in [-0.3, -0.25) is 0 Å². The summed E-state index contributed by atoms with van der Waals surface area (Å²) < 4.78 is 0. The number of benzene rings is 1. The van der Waals surface area contributed by atoms with Gasteiger partial charge in [0.1, 0.15) is 0 Å². The van der Waals surface area contributed by atoms with E-state index in [1.807, 2.05) is 13.1 Å². The summed E-state index contributed by atoms with van der Waals surface area (Å²) in [5.41, 5.74) is 5.40. The van der Waals surface area contributed by atoms with E-state index < -0.39 is 0 Å². The second-order valence-corrected chi connectivity index (χ2v) is 6.02. The fraction of sp³-hybridized carbons (Fsp3) is 0.400. The van der Waals surface area contributed by atoms with Crippen LogP contribution in [-0.2, 0) is 6.42 Å². The first-order valence-electron chi connectivity index (χ1n) is 8.19. The van der Waals surface area contributed by atoms with E-state index >= 15 is 0 Å². The second-order valence-electron chi connectivity index (χ2n) is 6.02. The molecule has 118 valence electrons. The zero-order valence-electron chi connectivity index (χ0n) is 14.1. The van der Waals surface area contributed by atoms with E-state index in [0.717, 1.165) is 25.9 Å². The minimum Gasteiger partial charge on any atom is -0.341 e. The maximum Gasteiger partial charge on any atom is 0.0443 e. The normalized spacial score (nSPS) is 16.6. The first-order chi connectivity index (χ1) is 10.7. The maximum absolute atomic E-state index is 4.09. The standard InChI is InChI=1S/C20H28N2/c1-5-9-17-12-13-18-10-7-8-11-20(18)22(19(17)6-2)15-16(3)14-21-4/h5-11,16,21H,2,12-15H2,1,3-4H3/b9-5-. The lowest BCUT2D eigenvalue weighted by atomic mass is 10.0. The van der Waals surface area contributed by atoms with E-state index in [1.54, 1.807) is 0 Å². The Bertz CT molecular complexity index is 569. The van der Waals surface area contributed by atoms with Gasteiger partial charge in [-0.05, 0) is 62.6 Å². The molecule has 1 heterocycles. The highest BCUT2D eigenvalue weighted by molar-refractivity contribution is 5.63. The third kappa shape index (κ3) is 3.69. The van der Waals surface area contributed by atoms with Gasteiger partial charge in [0.2, 0.25) is 0 Å². The molecule has 1 aliphatic rings. The van der Waals surface area contributed by atoms with Crippen molar-refractivity contribution >= 4 is 5.69 Å². The molecule has 2 nitrogen and oxygen atoms in total. The van der Waals surface area contributed by atoms with Crippen LogP contribution in [0.2, 0.25) is 0 Å². The van der Waals surface area contributed by atoms with Crippen LogP contribution in [0.3, 0.4) is 0 Å². The number of rotatable bonds is 6. The van der Waals surface area contributed by atoms with Crippen molar-refractivity contribution in [3.63, 3.8) is 0 Å². The number of aryl methyl sites for hydroxylation is 1. The molecule has 1 aliphatic heterocycles. The van der Waals surface area contributed by atoms with E-state index in [1.165, 1.54) is 22.5 Å². The number of nitrogens with zero attached hydrogens (tertiary/aromatic N) is 1. The van der Waals surface area contributed by atoms with E-state index in [0.29, 0.717) is 5.92 Å². The number of anilines is 1. The van der Waals surface area contributed by atoms with Crippen molar-refractivity contribution in [2.24, 2.45) is 5.92 Å². The molecule has 0 saturated carbocycles. The SMILES string of the molecule is C=CC1=C(/C=C\C)CCc2ccccc2N1CC(C)CNC. The molecule has 1 N–H and O–H groups in total. The predicted octanol–water partition coefficient (Wildman–Crippen LogP) is 4.31. The van der Waals surface area contributed by atoms with Crippen LogP contribution in [0.5, 0.6) is 0 Å². The molecule has 2 heteroatoms. The summed E-state index contributed by atoms with van der Waals surface area (Å²) in [6.07, 6.45) is 8.54. The van der Waals surface area contributed by atoms with E-state index in [4.69, 9.17) is 0 Å². The molecule has 1 aromatic carbocycles. The zero-order chi connectivity index (χ0) is 15.9. The van der Waals surface area contributed by atoms with Crippen LogP contribution in [-0.4, -0.2) is 20.1 Å². The van der Waals surface area contributed by atoms with Gasteiger partial charge >= 0.3 is 0 Å². The fourth-order valence-electron chi connectivity index (χ4n) is 3.22. The van der Waals surface area contributed by atoms with Crippen molar-refractivity contribution in [2.75, 3.05) is 25.0 Å². The molecule has 0 amide bonds. The molecule has 0 spiro atoms. The average molecular weight is 296 g/mol. The summed E-state index contributed by atoms with van der Waals surface area (Å²) >= 11 is 0. The van der Waals surface area contributed by atoms with Crippen molar-refractivity contribution < 1.29 is 0 Å². The second kappa shape index (κ2) is 8.00. The first kappa shape index (κ1) is 16.6. The van der Waals surface area contributed by atoms with Gasteiger partial charge in [0.15, 0.2) is 0 Å². The fourth-order valence-corrected chi connectivity index (χ4v) is 3.22. The van der Waals surface area contributed by atoms with Gasteiger partial charge in [-0.2, -0.15) is 0 Å². The molecule has 22 heavy (non-hydrogen) atoms. The topological polar surface area (TPSA) is 15.3 Å². The predicted molar refractivity (Wildman–Crippen MR) is 97.2 cm³/mol. The van der Waals surface area contributed by atoms with Gasteiger partial charge in [0, 0.05) is 17.9 Å².